The molecule has 2 heterocycles. The van der Waals surface area contributed by atoms with Gasteiger partial charge in [0.05, 0.1) is 17.3 Å². The molecule has 8 heteroatoms. The number of rotatable bonds is 5. The van der Waals surface area contributed by atoms with E-state index in [2.05, 4.69) is 20.4 Å². The lowest BCUT2D eigenvalue weighted by molar-refractivity contribution is -0.113. The number of benzene rings is 1. The Hall–Kier alpha value is -2.74. The van der Waals surface area contributed by atoms with Gasteiger partial charge in [0.2, 0.25) is 5.91 Å². The quantitative estimate of drug-likeness (QED) is 0.435. The van der Waals surface area contributed by atoms with Crippen LogP contribution in [0, 0.1) is 0 Å². The van der Waals surface area contributed by atoms with Gasteiger partial charge in [0.25, 0.3) is 0 Å². The predicted octanol–water partition coefficient (Wildman–Crippen LogP) is 2.30. The first-order valence-electron chi connectivity index (χ1n) is 7.21. The number of carbonyl (C=O) groups is 2. The maximum Gasteiger partial charge on any atom is 0.234 e. The van der Waals surface area contributed by atoms with Crippen LogP contribution in [0.3, 0.4) is 0 Å². The molecular formula is C16H15N5O2S. The third-order valence-electron chi connectivity index (χ3n) is 3.39. The lowest BCUT2D eigenvalue weighted by Gasteiger charge is -2.06. The lowest BCUT2D eigenvalue weighted by atomic mass is 10.1. The fourth-order valence-electron chi connectivity index (χ4n) is 2.20. The normalized spacial score (nSPS) is 10.8. The van der Waals surface area contributed by atoms with E-state index >= 15 is 0 Å². The molecule has 3 aromatic rings. The van der Waals surface area contributed by atoms with Gasteiger partial charge in [-0.1, -0.05) is 23.9 Å². The highest BCUT2D eigenvalue weighted by Gasteiger charge is 2.11. The SMILES string of the molecule is CC(=O)c1cccc(NC(=O)CSc2ncnc3c2cnn3C)c1. The second-order valence-corrected chi connectivity index (χ2v) is 6.12. The van der Waals surface area contributed by atoms with E-state index < -0.39 is 0 Å². The molecule has 2 aromatic heterocycles. The second kappa shape index (κ2) is 6.79. The van der Waals surface area contributed by atoms with E-state index in [1.807, 2.05) is 0 Å². The number of ketones is 1. The van der Waals surface area contributed by atoms with Gasteiger partial charge in [0, 0.05) is 18.3 Å². The highest BCUT2D eigenvalue weighted by atomic mass is 32.2. The standard InChI is InChI=1S/C16H15N5O2S/c1-10(22)11-4-3-5-12(6-11)20-14(23)8-24-16-13-7-19-21(2)15(13)17-9-18-16/h3-7,9H,8H2,1-2H3,(H,20,23). The Morgan fingerprint density at radius 1 is 1.29 bits per heavy atom. The van der Waals surface area contributed by atoms with Crippen molar-refractivity contribution >= 4 is 40.2 Å². The molecule has 0 atom stereocenters. The minimum absolute atomic E-state index is 0.0413. The van der Waals surface area contributed by atoms with Gasteiger partial charge in [0.15, 0.2) is 11.4 Å². The van der Waals surface area contributed by atoms with E-state index in [9.17, 15) is 9.59 Å². The average Bonchev–Trinajstić information content (AvgIpc) is 2.95. The minimum atomic E-state index is -0.170. The van der Waals surface area contributed by atoms with Crippen molar-refractivity contribution in [2.24, 2.45) is 7.05 Å². The van der Waals surface area contributed by atoms with Crippen LogP contribution in [-0.2, 0) is 11.8 Å². The summed E-state index contributed by atoms with van der Waals surface area (Å²) in [5, 5.41) is 8.46. The maximum atomic E-state index is 12.1. The summed E-state index contributed by atoms with van der Waals surface area (Å²) in [7, 11) is 1.80. The van der Waals surface area contributed by atoms with Gasteiger partial charge in [-0.3, -0.25) is 14.3 Å². The van der Waals surface area contributed by atoms with Crippen molar-refractivity contribution in [3.05, 3.63) is 42.4 Å². The molecule has 0 fully saturated rings. The van der Waals surface area contributed by atoms with E-state index in [0.29, 0.717) is 16.3 Å². The highest BCUT2D eigenvalue weighted by molar-refractivity contribution is 8.00. The molecular weight excluding hydrogens is 326 g/mol. The van der Waals surface area contributed by atoms with Crippen LogP contribution < -0.4 is 5.32 Å². The molecule has 122 valence electrons. The molecule has 0 radical (unpaired) electrons. The number of Topliss-reactive ketones (excluding diaryl/α,β-unsaturated/α-hetero) is 1. The van der Waals surface area contributed by atoms with E-state index in [-0.39, 0.29) is 17.4 Å². The zero-order valence-corrected chi connectivity index (χ0v) is 14.0. The molecule has 0 saturated heterocycles. The summed E-state index contributed by atoms with van der Waals surface area (Å²) in [6, 6.07) is 6.86. The van der Waals surface area contributed by atoms with Crippen LogP contribution in [0.1, 0.15) is 17.3 Å². The summed E-state index contributed by atoms with van der Waals surface area (Å²) in [6.45, 7) is 1.49. The molecule has 0 bridgehead atoms. The molecule has 0 unspecified atom stereocenters. The fraction of sp³-hybridized carbons (Fsp3) is 0.188. The molecule has 1 aromatic carbocycles. The number of fused-ring (bicyclic) bond motifs is 1. The van der Waals surface area contributed by atoms with Crippen LogP contribution in [-0.4, -0.2) is 37.2 Å². The topological polar surface area (TPSA) is 89.8 Å². The van der Waals surface area contributed by atoms with Gasteiger partial charge < -0.3 is 5.32 Å². The van der Waals surface area contributed by atoms with E-state index in [0.717, 1.165) is 11.0 Å². The Bertz CT molecular complexity index is 922. The summed E-state index contributed by atoms with van der Waals surface area (Å²) in [5.41, 5.74) is 1.89. The molecule has 1 N–H and O–H groups in total. The Morgan fingerprint density at radius 3 is 2.92 bits per heavy atom. The molecule has 7 nitrogen and oxygen atoms in total. The summed E-state index contributed by atoms with van der Waals surface area (Å²) < 4.78 is 1.66. The number of anilines is 1. The Labute approximate surface area is 142 Å². The highest BCUT2D eigenvalue weighted by Crippen LogP contribution is 2.24. The number of aromatic nitrogens is 4. The van der Waals surface area contributed by atoms with E-state index in [4.69, 9.17) is 0 Å². The number of carbonyl (C=O) groups excluding carboxylic acids is 2. The van der Waals surface area contributed by atoms with Crippen LogP contribution >= 0.6 is 11.8 Å². The van der Waals surface area contributed by atoms with Crippen molar-refractivity contribution in [1.82, 2.24) is 19.7 Å². The van der Waals surface area contributed by atoms with Crippen molar-refractivity contribution in [3.63, 3.8) is 0 Å². The average molecular weight is 341 g/mol. The van der Waals surface area contributed by atoms with Crippen LogP contribution in [0.15, 0.2) is 41.8 Å². The molecule has 24 heavy (non-hydrogen) atoms. The summed E-state index contributed by atoms with van der Waals surface area (Å²) in [4.78, 5) is 31.9. The minimum Gasteiger partial charge on any atom is -0.325 e. The monoisotopic (exact) mass is 341 g/mol. The van der Waals surface area contributed by atoms with Gasteiger partial charge in [0.1, 0.15) is 11.4 Å². The lowest BCUT2D eigenvalue weighted by Crippen LogP contribution is -2.14. The number of nitrogens with zero attached hydrogens (tertiary/aromatic N) is 4. The van der Waals surface area contributed by atoms with Crippen molar-refractivity contribution in [1.29, 1.82) is 0 Å². The van der Waals surface area contributed by atoms with Gasteiger partial charge in [-0.15, -0.1) is 0 Å². The molecule has 1 amide bonds. The van der Waals surface area contributed by atoms with Crippen molar-refractivity contribution in [2.75, 3.05) is 11.1 Å². The number of hydrogen-bond donors (Lipinski definition) is 1. The summed E-state index contributed by atoms with van der Waals surface area (Å²) in [6.07, 6.45) is 3.15. The third-order valence-corrected chi connectivity index (χ3v) is 4.39. The molecule has 3 rings (SSSR count). The van der Waals surface area contributed by atoms with Crippen LogP contribution in [0.4, 0.5) is 5.69 Å². The van der Waals surface area contributed by atoms with Gasteiger partial charge in [-0.2, -0.15) is 5.10 Å². The summed E-state index contributed by atoms with van der Waals surface area (Å²) in [5.74, 6) is -0.0116. The zero-order valence-electron chi connectivity index (χ0n) is 13.2. The zero-order chi connectivity index (χ0) is 17.1. The first-order valence-corrected chi connectivity index (χ1v) is 8.19. The number of thioether (sulfide) groups is 1. The molecule has 0 aliphatic heterocycles. The van der Waals surface area contributed by atoms with Gasteiger partial charge in [-0.05, 0) is 19.1 Å². The molecule has 0 saturated carbocycles. The third kappa shape index (κ3) is 3.43. The second-order valence-electron chi connectivity index (χ2n) is 5.16. The number of amides is 1. The van der Waals surface area contributed by atoms with Crippen LogP contribution in [0.25, 0.3) is 11.0 Å². The molecule has 0 aliphatic rings. The van der Waals surface area contributed by atoms with E-state index in [1.165, 1.54) is 25.0 Å². The van der Waals surface area contributed by atoms with Gasteiger partial charge >= 0.3 is 0 Å². The number of aryl methyl sites for hydroxylation is 1. The Kier molecular flexibility index (Phi) is 4.57. The van der Waals surface area contributed by atoms with Crippen LogP contribution in [0.5, 0.6) is 0 Å². The van der Waals surface area contributed by atoms with Crippen LogP contribution in [0.2, 0.25) is 0 Å². The van der Waals surface area contributed by atoms with Gasteiger partial charge in [-0.25, -0.2) is 9.97 Å². The fourth-order valence-corrected chi connectivity index (χ4v) is 2.96. The number of hydrogen-bond acceptors (Lipinski definition) is 6. The van der Waals surface area contributed by atoms with Crippen molar-refractivity contribution in [2.45, 2.75) is 11.9 Å². The Morgan fingerprint density at radius 2 is 2.12 bits per heavy atom. The molecule has 0 aliphatic carbocycles. The smallest absolute Gasteiger partial charge is 0.234 e. The van der Waals surface area contributed by atoms with Crippen molar-refractivity contribution in [3.8, 4) is 0 Å². The first-order chi connectivity index (χ1) is 11.5. The predicted molar refractivity (Wildman–Crippen MR) is 92.1 cm³/mol. The largest absolute Gasteiger partial charge is 0.325 e. The molecule has 0 spiro atoms. The maximum absolute atomic E-state index is 12.1. The first kappa shape index (κ1) is 16.1. The Balaban J connectivity index is 1.67. The number of nitrogens with one attached hydrogen (secondary N) is 1. The summed E-state index contributed by atoms with van der Waals surface area (Å²) >= 11 is 1.32. The van der Waals surface area contributed by atoms with E-state index in [1.54, 1.807) is 42.2 Å². The van der Waals surface area contributed by atoms with Crippen molar-refractivity contribution < 1.29 is 9.59 Å².